The second kappa shape index (κ2) is 5.91. The maximum atomic E-state index is 10.9. The van der Waals surface area contributed by atoms with E-state index in [2.05, 4.69) is 23.6 Å². The molecule has 0 bridgehead atoms. The molecule has 1 rings (SSSR count). The Morgan fingerprint density at radius 3 is 3.00 bits per heavy atom. The van der Waals surface area contributed by atoms with Crippen LogP contribution in [-0.2, 0) is 13.6 Å². The van der Waals surface area contributed by atoms with E-state index in [1.54, 1.807) is 23.5 Å². The van der Waals surface area contributed by atoms with Gasteiger partial charge in [-0.05, 0) is 6.26 Å². The molecule has 0 aliphatic rings. The molecule has 0 amide bonds. The number of aryl methyl sites for hydroxylation is 1. The normalized spacial score (nSPS) is 12.7. The van der Waals surface area contributed by atoms with Gasteiger partial charge in [0.05, 0.1) is 11.9 Å². The summed E-state index contributed by atoms with van der Waals surface area (Å²) in [5.74, 6) is -0.928. The highest BCUT2D eigenvalue weighted by molar-refractivity contribution is 7.99. The standard InChI is InChI=1S/C10H17N3O2S/c1-7(16-3)4-11-6-9-8(10(14)15)5-12-13(9)2/h5,7,11H,4,6H2,1-3H3,(H,14,15). The first-order chi connectivity index (χ1) is 7.56. The van der Waals surface area contributed by atoms with Crippen molar-refractivity contribution in [3.8, 4) is 0 Å². The fourth-order valence-corrected chi connectivity index (χ4v) is 1.61. The maximum Gasteiger partial charge on any atom is 0.339 e. The molecule has 0 fully saturated rings. The zero-order valence-corrected chi connectivity index (χ0v) is 10.5. The number of rotatable bonds is 6. The van der Waals surface area contributed by atoms with E-state index < -0.39 is 5.97 Å². The summed E-state index contributed by atoms with van der Waals surface area (Å²) in [5, 5.41) is 16.6. The SMILES string of the molecule is CSC(C)CNCc1c(C(=O)O)cnn1C. The van der Waals surface area contributed by atoms with Crippen LogP contribution < -0.4 is 5.32 Å². The minimum absolute atomic E-state index is 0.270. The Balaban J connectivity index is 2.59. The van der Waals surface area contributed by atoms with E-state index >= 15 is 0 Å². The van der Waals surface area contributed by atoms with Gasteiger partial charge in [0.15, 0.2) is 0 Å². The number of nitrogens with zero attached hydrogens (tertiary/aromatic N) is 2. The van der Waals surface area contributed by atoms with Gasteiger partial charge in [0, 0.05) is 25.4 Å². The third-order valence-electron chi connectivity index (χ3n) is 2.42. The van der Waals surface area contributed by atoms with E-state index in [0.717, 1.165) is 6.54 Å². The van der Waals surface area contributed by atoms with Crippen molar-refractivity contribution in [2.24, 2.45) is 7.05 Å². The van der Waals surface area contributed by atoms with Gasteiger partial charge in [-0.2, -0.15) is 16.9 Å². The van der Waals surface area contributed by atoms with Crippen LogP contribution in [0, 0.1) is 0 Å². The number of carboxylic acids is 1. The second-order valence-electron chi connectivity index (χ2n) is 3.61. The topological polar surface area (TPSA) is 67.2 Å². The average molecular weight is 243 g/mol. The molecule has 0 aliphatic heterocycles. The summed E-state index contributed by atoms with van der Waals surface area (Å²) in [6.45, 7) is 3.51. The molecule has 0 spiro atoms. The van der Waals surface area contributed by atoms with E-state index in [1.807, 2.05) is 0 Å². The van der Waals surface area contributed by atoms with E-state index in [-0.39, 0.29) is 5.56 Å². The van der Waals surface area contributed by atoms with Crippen LogP contribution in [0.4, 0.5) is 0 Å². The Morgan fingerprint density at radius 2 is 2.44 bits per heavy atom. The number of carboxylic acid groups (broad SMARTS) is 1. The summed E-state index contributed by atoms with van der Waals surface area (Å²) in [6, 6.07) is 0. The molecule has 1 aromatic rings. The molecule has 16 heavy (non-hydrogen) atoms. The summed E-state index contributed by atoms with van der Waals surface area (Å²) in [6.07, 6.45) is 3.44. The van der Waals surface area contributed by atoms with Crippen LogP contribution in [0.25, 0.3) is 0 Å². The molecule has 5 nitrogen and oxygen atoms in total. The zero-order chi connectivity index (χ0) is 12.1. The third kappa shape index (κ3) is 3.24. The summed E-state index contributed by atoms with van der Waals surface area (Å²) in [5.41, 5.74) is 0.979. The highest BCUT2D eigenvalue weighted by atomic mass is 32.2. The van der Waals surface area contributed by atoms with E-state index in [4.69, 9.17) is 5.11 Å². The predicted octanol–water partition coefficient (Wildman–Crippen LogP) is 0.959. The van der Waals surface area contributed by atoms with Crippen LogP contribution in [-0.4, -0.2) is 38.9 Å². The largest absolute Gasteiger partial charge is 0.478 e. The molecule has 6 heteroatoms. The molecule has 2 N–H and O–H groups in total. The van der Waals surface area contributed by atoms with Crippen LogP contribution in [0.5, 0.6) is 0 Å². The Kier molecular flexibility index (Phi) is 4.82. The minimum Gasteiger partial charge on any atom is -0.478 e. The van der Waals surface area contributed by atoms with Gasteiger partial charge in [-0.25, -0.2) is 4.79 Å². The monoisotopic (exact) mass is 243 g/mol. The van der Waals surface area contributed by atoms with Crippen molar-refractivity contribution in [3.05, 3.63) is 17.5 Å². The molecule has 0 aliphatic carbocycles. The molecule has 1 aromatic heterocycles. The molecule has 0 radical (unpaired) electrons. The molecular formula is C10H17N3O2S. The molecule has 0 saturated heterocycles. The zero-order valence-electron chi connectivity index (χ0n) is 9.73. The Bertz CT molecular complexity index is 365. The Hall–Kier alpha value is -1.01. The summed E-state index contributed by atoms with van der Waals surface area (Å²) >= 11 is 1.78. The fourth-order valence-electron chi connectivity index (χ4n) is 1.33. The van der Waals surface area contributed by atoms with Crippen molar-refractivity contribution >= 4 is 17.7 Å². The number of carbonyl (C=O) groups is 1. The van der Waals surface area contributed by atoms with Gasteiger partial charge in [0.2, 0.25) is 0 Å². The van der Waals surface area contributed by atoms with Crippen LogP contribution in [0.1, 0.15) is 23.0 Å². The Labute approximate surface area is 99.2 Å². The lowest BCUT2D eigenvalue weighted by Gasteiger charge is -2.10. The summed E-state index contributed by atoms with van der Waals surface area (Å²) < 4.78 is 1.60. The molecular weight excluding hydrogens is 226 g/mol. The number of thioether (sulfide) groups is 1. The number of aromatic nitrogens is 2. The average Bonchev–Trinajstić information content (AvgIpc) is 2.60. The number of aromatic carboxylic acids is 1. The van der Waals surface area contributed by atoms with Gasteiger partial charge in [0.1, 0.15) is 5.56 Å². The number of hydrogen-bond acceptors (Lipinski definition) is 4. The molecule has 0 saturated carbocycles. The van der Waals surface area contributed by atoms with Gasteiger partial charge >= 0.3 is 5.97 Å². The van der Waals surface area contributed by atoms with Crippen molar-refractivity contribution in [1.82, 2.24) is 15.1 Å². The van der Waals surface area contributed by atoms with Gasteiger partial charge in [-0.1, -0.05) is 6.92 Å². The highest BCUT2D eigenvalue weighted by Crippen LogP contribution is 2.08. The lowest BCUT2D eigenvalue weighted by atomic mass is 10.2. The van der Waals surface area contributed by atoms with E-state index in [0.29, 0.717) is 17.5 Å². The minimum atomic E-state index is -0.928. The molecule has 0 aromatic carbocycles. The van der Waals surface area contributed by atoms with Crippen molar-refractivity contribution in [1.29, 1.82) is 0 Å². The van der Waals surface area contributed by atoms with Crippen molar-refractivity contribution < 1.29 is 9.90 Å². The number of hydrogen-bond donors (Lipinski definition) is 2. The van der Waals surface area contributed by atoms with Crippen LogP contribution >= 0.6 is 11.8 Å². The first-order valence-corrected chi connectivity index (χ1v) is 6.32. The second-order valence-corrected chi connectivity index (χ2v) is 4.89. The maximum absolute atomic E-state index is 10.9. The quantitative estimate of drug-likeness (QED) is 0.779. The third-order valence-corrected chi connectivity index (χ3v) is 3.39. The highest BCUT2D eigenvalue weighted by Gasteiger charge is 2.14. The van der Waals surface area contributed by atoms with Crippen LogP contribution in [0.2, 0.25) is 0 Å². The molecule has 1 heterocycles. The summed E-state index contributed by atoms with van der Waals surface area (Å²) in [4.78, 5) is 10.9. The van der Waals surface area contributed by atoms with Gasteiger partial charge in [-0.3, -0.25) is 4.68 Å². The van der Waals surface area contributed by atoms with Gasteiger partial charge in [0.25, 0.3) is 0 Å². The lowest BCUT2D eigenvalue weighted by molar-refractivity contribution is 0.0695. The molecule has 1 atom stereocenters. The van der Waals surface area contributed by atoms with Crippen LogP contribution in [0.3, 0.4) is 0 Å². The smallest absolute Gasteiger partial charge is 0.339 e. The van der Waals surface area contributed by atoms with Crippen molar-refractivity contribution in [2.75, 3.05) is 12.8 Å². The van der Waals surface area contributed by atoms with Crippen LogP contribution in [0.15, 0.2) is 6.20 Å². The van der Waals surface area contributed by atoms with Gasteiger partial charge in [-0.15, -0.1) is 0 Å². The number of nitrogens with one attached hydrogen (secondary N) is 1. The molecule has 1 unspecified atom stereocenters. The Morgan fingerprint density at radius 1 is 1.75 bits per heavy atom. The fraction of sp³-hybridized carbons (Fsp3) is 0.600. The van der Waals surface area contributed by atoms with Crippen molar-refractivity contribution in [2.45, 2.75) is 18.7 Å². The summed E-state index contributed by atoms with van der Waals surface area (Å²) in [7, 11) is 1.75. The van der Waals surface area contributed by atoms with Gasteiger partial charge < -0.3 is 10.4 Å². The first-order valence-electron chi connectivity index (χ1n) is 5.04. The van der Waals surface area contributed by atoms with Crippen molar-refractivity contribution in [3.63, 3.8) is 0 Å². The van der Waals surface area contributed by atoms with E-state index in [1.165, 1.54) is 6.20 Å². The first kappa shape index (κ1) is 13.1. The predicted molar refractivity (Wildman–Crippen MR) is 64.9 cm³/mol. The van der Waals surface area contributed by atoms with E-state index in [9.17, 15) is 4.79 Å². The lowest BCUT2D eigenvalue weighted by Crippen LogP contribution is -2.24. The molecule has 90 valence electrons.